The monoisotopic (exact) mass is 232 g/mol. The van der Waals surface area contributed by atoms with Crippen molar-refractivity contribution in [1.29, 1.82) is 0 Å². The molecule has 1 unspecified atom stereocenters. The second-order valence-corrected chi connectivity index (χ2v) is 5.33. The number of hydrogen-bond acceptors (Lipinski definition) is 2. The number of nitrogens with zero attached hydrogens (tertiary/aromatic N) is 1. The molecule has 0 aromatic heterocycles. The normalized spacial score (nSPS) is 18.9. The van der Waals surface area contributed by atoms with E-state index in [1.165, 1.54) is 23.2 Å². The number of fused-ring (bicyclic) bond motifs is 1. The number of nitrogens with one attached hydrogen (secondary N) is 1. The first-order valence-electron chi connectivity index (χ1n) is 6.68. The fourth-order valence-electron chi connectivity index (χ4n) is 3.01. The van der Waals surface area contributed by atoms with Gasteiger partial charge in [0.1, 0.15) is 0 Å². The summed E-state index contributed by atoms with van der Waals surface area (Å²) in [5, 5.41) is 3.24. The second-order valence-electron chi connectivity index (χ2n) is 5.33. The van der Waals surface area contributed by atoms with E-state index in [2.05, 4.69) is 49.2 Å². The van der Waals surface area contributed by atoms with Gasteiger partial charge in [0.2, 0.25) is 0 Å². The largest absolute Gasteiger partial charge is 0.366 e. The molecular weight excluding hydrogens is 208 g/mol. The summed E-state index contributed by atoms with van der Waals surface area (Å²) in [5.74, 6) is 0. The molecule has 1 N–H and O–H groups in total. The maximum absolute atomic E-state index is 3.24. The highest BCUT2D eigenvalue weighted by Crippen LogP contribution is 2.36. The zero-order chi connectivity index (χ0) is 12.4. The molecule has 0 amide bonds. The van der Waals surface area contributed by atoms with Gasteiger partial charge < -0.3 is 10.2 Å². The van der Waals surface area contributed by atoms with Gasteiger partial charge >= 0.3 is 0 Å². The molecule has 1 aliphatic heterocycles. The summed E-state index contributed by atoms with van der Waals surface area (Å²) in [6.07, 6.45) is 2.32. The van der Waals surface area contributed by atoms with Gasteiger partial charge in [-0.1, -0.05) is 18.2 Å². The topological polar surface area (TPSA) is 15.3 Å². The Morgan fingerprint density at radius 3 is 2.82 bits per heavy atom. The molecule has 0 radical (unpaired) electrons. The minimum absolute atomic E-state index is 0.585. The first-order valence-corrected chi connectivity index (χ1v) is 6.68. The van der Waals surface area contributed by atoms with E-state index in [0.29, 0.717) is 12.1 Å². The van der Waals surface area contributed by atoms with Gasteiger partial charge in [0.05, 0.1) is 0 Å². The zero-order valence-corrected chi connectivity index (χ0v) is 11.5. The van der Waals surface area contributed by atoms with Crippen LogP contribution in [-0.2, 0) is 12.8 Å². The molecule has 0 bridgehead atoms. The number of benzene rings is 1. The Bertz CT molecular complexity index is 385. The Balaban J connectivity index is 2.35. The van der Waals surface area contributed by atoms with Crippen LogP contribution in [-0.4, -0.2) is 25.7 Å². The molecule has 1 heterocycles. The minimum atomic E-state index is 0.585. The third-order valence-corrected chi connectivity index (χ3v) is 3.65. The van der Waals surface area contributed by atoms with Crippen molar-refractivity contribution >= 4 is 5.69 Å². The van der Waals surface area contributed by atoms with Crippen LogP contribution >= 0.6 is 0 Å². The minimum Gasteiger partial charge on any atom is -0.366 e. The lowest BCUT2D eigenvalue weighted by Crippen LogP contribution is -2.36. The van der Waals surface area contributed by atoms with E-state index in [9.17, 15) is 0 Å². The molecule has 1 atom stereocenters. The number of rotatable bonds is 4. The van der Waals surface area contributed by atoms with E-state index in [0.717, 1.165) is 13.0 Å². The smallest absolute Gasteiger partial charge is 0.0437 e. The summed E-state index contributed by atoms with van der Waals surface area (Å²) in [7, 11) is 2.02. The van der Waals surface area contributed by atoms with Crippen molar-refractivity contribution in [3.63, 3.8) is 0 Å². The van der Waals surface area contributed by atoms with Crippen molar-refractivity contribution in [2.45, 2.75) is 45.7 Å². The molecule has 1 aromatic carbocycles. The lowest BCUT2D eigenvalue weighted by Gasteiger charge is -2.31. The quantitative estimate of drug-likeness (QED) is 0.858. The summed E-state index contributed by atoms with van der Waals surface area (Å²) in [4.78, 5) is 2.58. The van der Waals surface area contributed by atoms with Gasteiger partial charge in [0.15, 0.2) is 0 Å². The SMILES string of the molecule is CNCCc1cccc2c1N(C(C)C)C(C)C2. The van der Waals surface area contributed by atoms with Crippen LogP contribution in [0.15, 0.2) is 18.2 Å². The summed E-state index contributed by atoms with van der Waals surface area (Å²) >= 11 is 0. The molecule has 2 rings (SSSR count). The Morgan fingerprint density at radius 2 is 2.18 bits per heavy atom. The van der Waals surface area contributed by atoms with E-state index in [4.69, 9.17) is 0 Å². The second kappa shape index (κ2) is 5.09. The van der Waals surface area contributed by atoms with Gasteiger partial charge in [0.25, 0.3) is 0 Å². The lowest BCUT2D eigenvalue weighted by molar-refractivity contribution is 0.603. The van der Waals surface area contributed by atoms with Crippen molar-refractivity contribution in [2.75, 3.05) is 18.5 Å². The van der Waals surface area contributed by atoms with Crippen molar-refractivity contribution in [3.8, 4) is 0 Å². The van der Waals surface area contributed by atoms with Crippen LogP contribution in [0.25, 0.3) is 0 Å². The summed E-state index contributed by atoms with van der Waals surface area (Å²) in [6.45, 7) is 7.97. The predicted molar refractivity (Wildman–Crippen MR) is 74.9 cm³/mol. The fourth-order valence-corrected chi connectivity index (χ4v) is 3.01. The van der Waals surface area contributed by atoms with Crippen LogP contribution in [0.2, 0.25) is 0 Å². The van der Waals surface area contributed by atoms with Crippen LogP contribution < -0.4 is 10.2 Å². The van der Waals surface area contributed by atoms with E-state index >= 15 is 0 Å². The average molecular weight is 232 g/mol. The molecule has 2 nitrogen and oxygen atoms in total. The Hall–Kier alpha value is -1.02. The Labute approximate surface area is 105 Å². The maximum atomic E-state index is 3.24. The summed E-state index contributed by atoms with van der Waals surface area (Å²) in [6, 6.07) is 8.00. The maximum Gasteiger partial charge on any atom is 0.0437 e. The van der Waals surface area contributed by atoms with Crippen LogP contribution in [0.1, 0.15) is 31.9 Å². The summed E-state index contributed by atoms with van der Waals surface area (Å²) in [5.41, 5.74) is 4.53. The van der Waals surface area contributed by atoms with Gasteiger partial charge in [0, 0.05) is 17.8 Å². The van der Waals surface area contributed by atoms with Crippen LogP contribution in [0.4, 0.5) is 5.69 Å². The number of para-hydroxylation sites is 1. The first kappa shape index (κ1) is 12.4. The van der Waals surface area contributed by atoms with Crippen molar-refractivity contribution in [1.82, 2.24) is 5.32 Å². The van der Waals surface area contributed by atoms with Crippen molar-refractivity contribution < 1.29 is 0 Å². The third-order valence-electron chi connectivity index (χ3n) is 3.65. The third kappa shape index (κ3) is 2.32. The first-order chi connectivity index (χ1) is 8.15. The average Bonchev–Trinajstić information content (AvgIpc) is 2.62. The number of hydrogen-bond donors (Lipinski definition) is 1. The molecule has 0 aliphatic carbocycles. The van der Waals surface area contributed by atoms with Gasteiger partial charge in [-0.3, -0.25) is 0 Å². The van der Waals surface area contributed by atoms with E-state index in [1.807, 2.05) is 7.05 Å². The molecule has 1 aromatic rings. The molecule has 0 fully saturated rings. The molecule has 0 saturated heterocycles. The lowest BCUT2D eigenvalue weighted by atomic mass is 10.0. The van der Waals surface area contributed by atoms with E-state index in [-0.39, 0.29) is 0 Å². The van der Waals surface area contributed by atoms with Crippen LogP contribution in [0, 0.1) is 0 Å². The summed E-state index contributed by atoms with van der Waals surface area (Å²) < 4.78 is 0. The number of anilines is 1. The van der Waals surface area contributed by atoms with E-state index < -0.39 is 0 Å². The molecular formula is C15H24N2. The van der Waals surface area contributed by atoms with Gasteiger partial charge in [-0.05, 0) is 58.3 Å². The van der Waals surface area contributed by atoms with Crippen LogP contribution in [0.5, 0.6) is 0 Å². The highest BCUT2D eigenvalue weighted by molar-refractivity contribution is 5.65. The number of likely N-dealkylation sites (N-methyl/N-ethyl adjacent to an activating group) is 1. The zero-order valence-electron chi connectivity index (χ0n) is 11.5. The van der Waals surface area contributed by atoms with Gasteiger partial charge in [-0.25, -0.2) is 0 Å². The molecule has 1 aliphatic rings. The molecule has 94 valence electrons. The highest BCUT2D eigenvalue weighted by Gasteiger charge is 2.29. The molecule has 17 heavy (non-hydrogen) atoms. The van der Waals surface area contributed by atoms with Gasteiger partial charge in [-0.15, -0.1) is 0 Å². The Morgan fingerprint density at radius 1 is 1.41 bits per heavy atom. The highest BCUT2D eigenvalue weighted by atomic mass is 15.2. The van der Waals surface area contributed by atoms with Gasteiger partial charge in [-0.2, -0.15) is 0 Å². The predicted octanol–water partition coefficient (Wildman–Crippen LogP) is 2.61. The van der Waals surface area contributed by atoms with E-state index in [1.54, 1.807) is 0 Å². The van der Waals surface area contributed by atoms with Crippen LogP contribution in [0.3, 0.4) is 0 Å². The fraction of sp³-hybridized carbons (Fsp3) is 0.600. The Kier molecular flexibility index (Phi) is 3.72. The molecule has 2 heteroatoms. The van der Waals surface area contributed by atoms with Crippen molar-refractivity contribution in [2.24, 2.45) is 0 Å². The molecule has 0 saturated carbocycles. The standard InChI is InChI=1S/C15H24N2/c1-11(2)17-12(3)10-14-7-5-6-13(15(14)17)8-9-16-4/h5-7,11-12,16H,8-10H2,1-4H3. The molecule has 0 spiro atoms. The van der Waals surface area contributed by atoms with Crippen molar-refractivity contribution in [3.05, 3.63) is 29.3 Å².